The summed E-state index contributed by atoms with van der Waals surface area (Å²) in [5.41, 5.74) is 0.757. The van der Waals surface area contributed by atoms with E-state index in [4.69, 9.17) is 4.74 Å². The Balaban J connectivity index is 1.61. The maximum absolute atomic E-state index is 12.5. The van der Waals surface area contributed by atoms with E-state index in [0.29, 0.717) is 12.1 Å². The molecule has 4 nitrogen and oxygen atoms in total. The molecule has 1 aliphatic carbocycles. The molecule has 21 heavy (non-hydrogen) atoms. The minimum absolute atomic E-state index is 0.130. The van der Waals surface area contributed by atoms with Crippen LogP contribution in [-0.4, -0.2) is 43.1 Å². The molecule has 114 valence electrons. The number of rotatable bonds is 4. The van der Waals surface area contributed by atoms with Crippen molar-refractivity contribution in [1.29, 1.82) is 0 Å². The third kappa shape index (κ3) is 3.38. The van der Waals surface area contributed by atoms with Gasteiger partial charge in [0.15, 0.2) is 0 Å². The van der Waals surface area contributed by atoms with Crippen molar-refractivity contribution >= 4 is 5.91 Å². The van der Waals surface area contributed by atoms with Crippen LogP contribution in [0.4, 0.5) is 0 Å². The van der Waals surface area contributed by atoms with Gasteiger partial charge in [0, 0.05) is 24.7 Å². The summed E-state index contributed by atoms with van der Waals surface area (Å²) in [6.45, 7) is 1.66. The van der Waals surface area contributed by atoms with Crippen LogP contribution in [0.2, 0.25) is 0 Å². The molecule has 1 heterocycles. The summed E-state index contributed by atoms with van der Waals surface area (Å²) in [4.78, 5) is 14.5. The van der Waals surface area contributed by atoms with Gasteiger partial charge in [-0.3, -0.25) is 4.79 Å². The van der Waals surface area contributed by atoms with Gasteiger partial charge in [0.1, 0.15) is 5.75 Å². The number of ether oxygens (including phenoxy) is 1. The van der Waals surface area contributed by atoms with Gasteiger partial charge in [-0.05, 0) is 63.4 Å². The summed E-state index contributed by atoms with van der Waals surface area (Å²) in [5.74, 6) is 1.01. The standard InChI is InChI=1S/C17H24N2O2/c1-18-14-4-3-11-19(12-14)17(20)13-7-9-16(10-8-13)21-15-5-2-6-15/h7-10,14-15,18H,2-6,11-12H2,1H3. The van der Waals surface area contributed by atoms with Crippen LogP contribution in [0.3, 0.4) is 0 Å². The van der Waals surface area contributed by atoms with Crippen LogP contribution in [0.5, 0.6) is 5.75 Å². The van der Waals surface area contributed by atoms with Crippen molar-refractivity contribution in [3.63, 3.8) is 0 Å². The third-order valence-corrected chi connectivity index (χ3v) is 4.57. The van der Waals surface area contributed by atoms with Gasteiger partial charge in [0.05, 0.1) is 6.10 Å². The molecule has 2 aliphatic rings. The molecule has 0 bridgehead atoms. The van der Waals surface area contributed by atoms with E-state index < -0.39 is 0 Å². The van der Waals surface area contributed by atoms with Crippen LogP contribution >= 0.6 is 0 Å². The Hall–Kier alpha value is -1.55. The zero-order valence-electron chi connectivity index (χ0n) is 12.7. The first-order valence-corrected chi connectivity index (χ1v) is 7.99. The number of carbonyl (C=O) groups is 1. The molecule has 1 aromatic rings. The number of piperidine rings is 1. The summed E-state index contributed by atoms with van der Waals surface area (Å²) in [6, 6.07) is 8.04. The maximum Gasteiger partial charge on any atom is 0.253 e. The first-order valence-electron chi connectivity index (χ1n) is 7.99. The molecule has 1 aromatic carbocycles. The second-order valence-electron chi connectivity index (χ2n) is 6.07. The highest BCUT2D eigenvalue weighted by Crippen LogP contribution is 2.25. The number of nitrogens with one attached hydrogen (secondary N) is 1. The topological polar surface area (TPSA) is 41.6 Å². The minimum atomic E-state index is 0.130. The largest absolute Gasteiger partial charge is 0.490 e. The van der Waals surface area contributed by atoms with Gasteiger partial charge < -0.3 is 15.0 Å². The zero-order valence-corrected chi connectivity index (χ0v) is 12.7. The Kier molecular flexibility index (Phi) is 4.44. The Morgan fingerprint density at radius 2 is 1.95 bits per heavy atom. The highest BCUT2D eigenvalue weighted by Gasteiger charge is 2.24. The lowest BCUT2D eigenvalue weighted by Gasteiger charge is -2.32. The number of nitrogens with zero attached hydrogens (tertiary/aromatic N) is 1. The van der Waals surface area contributed by atoms with Gasteiger partial charge in [0.2, 0.25) is 0 Å². The van der Waals surface area contributed by atoms with Crippen LogP contribution < -0.4 is 10.1 Å². The fourth-order valence-corrected chi connectivity index (χ4v) is 2.94. The van der Waals surface area contributed by atoms with E-state index in [2.05, 4.69) is 5.32 Å². The number of likely N-dealkylation sites (N-methyl/N-ethyl adjacent to an activating group) is 1. The normalized spacial score (nSPS) is 22.7. The van der Waals surface area contributed by atoms with Crippen LogP contribution in [0.1, 0.15) is 42.5 Å². The van der Waals surface area contributed by atoms with Crippen molar-refractivity contribution < 1.29 is 9.53 Å². The lowest BCUT2D eigenvalue weighted by molar-refractivity contribution is 0.0698. The Morgan fingerprint density at radius 3 is 2.57 bits per heavy atom. The van der Waals surface area contributed by atoms with E-state index >= 15 is 0 Å². The monoisotopic (exact) mass is 288 g/mol. The van der Waals surface area contributed by atoms with Gasteiger partial charge in [0.25, 0.3) is 5.91 Å². The molecular weight excluding hydrogens is 264 g/mol. The van der Waals surface area contributed by atoms with Gasteiger partial charge in [-0.2, -0.15) is 0 Å². The lowest BCUT2D eigenvalue weighted by Crippen LogP contribution is -2.46. The smallest absolute Gasteiger partial charge is 0.253 e. The molecule has 1 amide bonds. The summed E-state index contributed by atoms with van der Waals surface area (Å²) in [6.07, 6.45) is 6.17. The van der Waals surface area contributed by atoms with Crippen LogP contribution in [0.25, 0.3) is 0 Å². The van der Waals surface area contributed by atoms with Gasteiger partial charge in [-0.25, -0.2) is 0 Å². The minimum Gasteiger partial charge on any atom is -0.490 e. The molecule has 1 N–H and O–H groups in total. The Bertz CT molecular complexity index is 482. The van der Waals surface area contributed by atoms with E-state index in [1.165, 1.54) is 6.42 Å². The number of benzene rings is 1. The summed E-state index contributed by atoms with van der Waals surface area (Å²) < 4.78 is 5.83. The van der Waals surface area contributed by atoms with Gasteiger partial charge in [-0.1, -0.05) is 0 Å². The average molecular weight is 288 g/mol. The Morgan fingerprint density at radius 1 is 1.19 bits per heavy atom. The second-order valence-corrected chi connectivity index (χ2v) is 6.07. The first-order chi connectivity index (χ1) is 10.3. The van der Waals surface area contributed by atoms with Crippen molar-refractivity contribution in [2.75, 3.05) is 20.1 Å². The molecule has 1 saturated heterocycles. The zero-order chi connectivity index (χ0) is 14.7. The summed E-state index contributed by atoms with van der Waals surface area (Å²) in [5, 5.41) is 3.27. The molecule has 1 aliphatic heterocycles. The predicted octanol–water partition coefficient (Wildman–Crippen LogP) is 2.44. The van der Waals surface area contributed by atoms with E-state index in [1.54, 1.807) is 0 Å². The number of amides is 1. The fourth-order valence-electron chi connectivity index (χ4n) is 2.94. The van der Waals surface area contributed by atoms with Crippen molar-refractivity contribution in [1.82, 2.24) is 10.2 Å². The summed E-state index contributed by atoms with van der Waals surface area (Å²) >= 11 is 0. The van der Waals surface area contributed by atoms with Crippen molar-refractivity contribution in [2.24, 2.45) is 0 Å². The number of carbonyl (C=O) groups excluding carboxylic acids is 1. The molecule has 3 rings (SSSR count). The van der Waals surface area contributed by atoms with Crippen molar-refractivity contribution in [3.8, 4) is 5.75 Å². The molecule has 1 atom stereocenters. The van der Waals surface area contributed by atoms with Crippen molar-refractivity contribution in [2.45, 2.75) is 44.2 Å². The average Bonchev–Trinajstić information content (AvgIpc) is 2.51. The lowest BCUT2D eigenvalue weighted by atomic mass is 9.96. The number of hydrogen-bond acceptors (Lipinski definition) is 3. The molecule has 1 saturated carbocycles. The SMILES string of the molecule is CNC1CCCN(C(=O)c2ccc(OC3CCC3)cc2)C1. The quantitative estimate of drug-likeness (QED) is 0.925. The van der Waals surface area contributed by atoms with Crippen LogP contribution in [0, 0.1) is 0 Å². The fraction of sp³-hybridized carbons (Fsp3) is 0.588. The van der Waals surface area contributed by atoms with Crippen LogP contribution in [-0.2, 0) is 0 Å². The number of likely N-dealkylation sites (tertiary alicyclic amines) is 1. The predicted molar refractivity (Wildman–Crippen MR) is 82.7 cm³/mol. The van der Waals surface area contributed by atoms with E-state index in [1.807, 2.05) is 36.2 Å². The van der Waals surface area contributed by atoms with E-state index in [-0.39, 0.29) is 5.91 Å². The molecule has 0 spiro atoms. The molecule has 0 aromatic heterocycles. The second kappa shape index (κ2) is 6.48. The van der Waals surface area contributed by atoms with E-state index in [9.17, 15) is 4.79 Å². The van der Waals surface area contributed by atoms with E-state index in [0.717, 1.165) is 50.1 Å². The van der Waals surface area contributed by atoms with Crippen molar-refractivity contribution in [3.05, 3.63) is 29.8 Å². The molecule has 4 heteroatoms. The van der Waals surface area contributed by atoms with Crippen LogP contribution in [0.15, 0.2) is 24.3 Å². The maximum atomic E-state index is 12.5. The highest BCUT2D eigenvalue weighted by molar-refractivity contribution is 5.94. The molecule has 0 radical (unpaired) electrons. The Labute approximate surface area is 126 Å². The first kappa shape index (κ1) is 14.4. The molecular formula is C17H24N2O2. The summed E-state index contributed by atoms with van der Waals surface area (Å²) in [7, 11) is 1.96. The molecule has 2 fully saturated rings. The molecule has 1 unspecified atom stereocenters. The van der Waals surface area contributed by atoms with Gasteiger partial charge in [-0.15, -0.1) is 0 Å². The highest BCUT2D eigenvalue weighted by atomic mass is 16.5. The third-order valence-electron chi connectivity index (χ3n) is 4.57. The van der Waals surface area contributed by atoms with Gasteiger partial charge >= 0.3 is 0 Å². The number of hydrogen-bond donors (Lipinski definition) is 1.